The van der Waals surface area contributed by atoms with Gasteiger partial charge in [-0.3, -0.25) is 0 Å². The summed E-state index contributed by atoms with van der Waals surface area (Å²) in [5, 5.41) is 9.33. The Morgan fingerprint density at radius 3 is 3.20 bits per heavy atom. The van der Waals surface area contributed by atoms with Crippen molar-refractivity contribution in [2.75, 3.05) is 6.61 Å². The number of nitrogens with one attached hydrogen (secondary N) is 1. The molecular formula is C11H12N2O2. The molecule has 1 aliphatic rings. The van der Waals surface area contributed by atoms with E-state index in [1.165, 1.54) is 0 Å². The van der Waals surface area contributed by atoms with Crippen molar-refractivity contribution in [2.45, 2.75) is 18.9 Å². The predicted molar refractivity (Wildman–Crippen MR) is 55.7 cm³/mol. The van der Waals surface area contributed by atoms with Gasteiger partial charge in [-0.05, 0) is 25.0 Å². The third kappa shape index (κ3) is 1.47. The van der Waals surface area contributed by atoms with Gasteiger partial charge in [0.1, 0.15) is 17.7 Å². The molecule has 1 saturated heterocycles. The standard InChI is InChI=1S/C11H12N2O2/c14-7-3-4-8-9(6-7)13-11(12-8)10-2-1-5-15-10/h3-4,6,10,14H,1-2,5H2,(H,12,13). The van der Waals surface area contributed by atoms with Crippen molar-refractivity contribution >= 4 is 11.0 Å². The molecule has 4 nitrogen and oxygen atoms in total. The minimum atomic E-state index is 0.0968. The number of ether oxygens (including phenoxy) is 1. The van der Waals surface area contributed by atoms with Crippen molar-refractivity contribution in [3.8, 4) is 5.75 Å². The quantitative estimate of drug-likeness (QED) is 0.748. The normalized spacial score (nSPS) is 21.2. The van der Waals surface area contributed by atoms with Gasteiger partial charge in [0, 0.05) is 12.7 Å². The Labute approximate surface area is 86.9 Å². The molecule has 1 aromatic heterocycles. The van der Waals surface area contributed by atoms with E-state index in [1.54, 1.807) is 18.2 Å². The molecule has 78 valence electrons. The maximum atomic E-state index is 9.33. The van der Waals surface area contributed by atoms with Crippen molar-refractivity contribution < 1.29 is 9.84 Å². The maximum Gasteiger partial charge on any atom is 0.136 e. The molecular weight excluding hydrogens is 192 g/mol. The molecule has 3 rings (SSSR count). The number of phenols is 1. The fraction of sp³-hybridized carbons (Fsp3) is 0.364. The zero-order chi connectivity index (χ0) is 10.3. The minimum Gasteiger partial charge on any atom is -0.508 e. The monoisotopic (exact) mass is 204 g/mol. The van der Waals surface area contributed by atoms with Crippen LogP contribution < -0.4 is 0 Å². The molecule has 4 heteroatoms. The van der Waals surface area contributed by atoms with Crippen LogP contribution in [0.2, 0.25) is 0 Å². The Kier molecular flexibility index (Phi) is 1.89. The summed E-state index contributed by atoms with van der Waals surface area (Å²) < 4.78 is 5.54. The summed E-state index contributed by atoms with van der Waals surface area (Å²) in [5.41, 5.74) is 1.74. The van der Waals surface area contributed by atoms with Gasteiger partial charge in [-0.25, -0.2) is 4.98 Å². The van der Waals surface area contributed by atoms with Crippen LogP contribution in [-0.4, -0.2) is 21.7 Å². The molecule has 1 atom stereocenters. The second kappa shape index (κ2) is 3.24. The number of aromatic amines is 1. The van der Waals surface area contributed by atoms with Crippen molar-refractivity contribution in [3.05, 3.63) is 24.0 Å². The third-order valence-corrected chi connectivity index (χ3v) is 2.72. The number of fused-ring (bicyclic) bond motifs is 1. The first kappa shape index (κ1) is 8.73. The molecule has 1 aliphatic heterocycles. The van der Waals surface area contributed by atoms with Crippen LogP contribution in [0.25, 0.3) is 11.0 Å². The summed E-state index contributed by atoms with van der Waals surface area (Å²) in [6, 6.07) is 5.13. The lowest BCUT2D eigenvalue weighted by molar-refractivity contribution is 0.106. The van der Waals surface area contributed by atoms with Crippen LogP contribution in [0.1, 0.15) is 24.8 Å². The van der Waals surface area contributed by atoms with E-state index in [1.807, 2.05) is 0 Å². The molecule has 1 unspecified atom stereocenters. The van der Waals surface area contributed by atoms with Crippen LogP contribution in [0.3, 0.4) is 0 Å². The van der Waals surface area contributed by atoms with E-state index in [2.05, 4.69) is 9.97 Å². The Hall–Kier alpha value is -1.55. The molecule has 15 heavy (non-hydrogen) atoms. The number of aromatic hydroxyl groups is 1. The second-order valence-electron chi connectivity index (χ2n) is 3.83. The highest BCUT2D eigenvalue weighted by molar-refractivity contribution is 5.76. The van der Waals surface area contributed by atoms with E-state index in [-0.39, 0.29) is 11.9 Å². The van der Waals surface area contributed by atoms with Gasteiger partial charge in [-0.2, -0.15) is 0 Å². The summed E-state index contributed by atoms with van der Waals surface area (Å²) >= 11 is 0. The molecule has 0 bridgehead atoms. The summed E-state index contributed by atoms with van der Waals surface area (Å²) in [6.07, 6.45) is 2.21. The third-order valence-electron chi connectivity index (χ3n) is 2.72. The highest BCUT2D eigenvalue weighted by atomic mass is 16.5. The average Bonchev–Trinajstić information content (AvgIpc) is 2.84. The molecule has 1 aromatic carbocycles. The number of rotatable bonds is 1. The summed E-state index contributed by atoms with van der Waals surface area (Å²) in [5.74, 6) is 1.12. The predicted octanol–water partition coefficient (Wildman–Crippen LogP) is 2.12. The van der Waals surface area contributed by atoms with Crippen molar-refractivity contribution in [3.63, 3.8) is 0 Å². The van der Waals surface area contributed by atoms with E-state index < -0.39 is 0 Å². The Morgan fingerprint density at radius 2 is 2.40 bits per heavy atom. The molecule has 0 spiro atoms. The number of aromatic nitrogens is 2. The van der Waals surface area contributed by atoms with Crippen molar-refractivity contribution in [2.24, 2.45) is 0 Å². The van der Waals surface area contributed by atoms with Gasteiger partial charge in [0.05, 0.1) is 11.0 Å². The SMILES string of the molecule is Oc1ccc2nc(C3CCCO3)[nH]c2c1. The number of hydrogen-bond acceptors (Lipinski definition) is 3. The lowest BCUT2D eigenvalue weighted by atomic mass is 10.2. The summed E-state index contributed by atoms with van der Waals surface area (Å²) in [4.78, 5) is 7.63. The van der Waals surface area contributed by atoms with Crippen LogP contribution in [0.4, 0.5) is 0 Å². The molecule has 2 heterocycles. The van der Waals surface area contributed by atoms with Crippen LogP contribution in [0.5, 0.6) is 5.75 Å². The Bertz CT molecular complexity index is 486. The van der Waals surface area contributed by atoms with Crippen LogP contribution in [0, 0.1) is 0 Å². The number of nitrogens with zero attached hydrogens (tertiary/aromatic N) is 1. The average molecular weight is 204 g/mol. The molecule has 0 amide bonds. The number of hydrogen-bond donors (Lipinski definition) is 2. The van der Waals surface area contributed by atoms with Gasteiger partial charge in [-0.15, -0.1) is 0 Å². The summed E-state index contributed by atoms with van der Waals surface area (Å²) in [7, 11) is 0. The van der Waals surface area contributed by atoms with Crippen molar-refractivity contribution in [1.82, 2.24) is 9.97 Å². The number of phenolic OH excluding ortho intramolecular Hbond substituents is 1. The number of imidazole rings is 1. The fourth-order valence-corrected chi connectivity index (χ4v) is 1.96. The number of H-pyrrole nitrogens is 1. The zero-order valence-corrected chi connectivity index (χ0v) is 8.23. The fourth-order valence-electron chi connectivity index (χ4n) is 1.96. The van der Waals surface area contributed by atoms with E-state index in [9.17, 15) is 5.11 Å². The van der Waals surface area contributed by atoms with E-state index in [4.69, 9.17) is 4.74 Å². The molecule has 0 radical (unpaired) electrons. The molecule has 2 aromatic rings. The largest absolute Gasteiger partial charge is 0.508 e. The first-order valence-corrected chi connectivity index (χ1v) is 5.13. The molecule has 0 saturated carbocycles. The zero-order valence-electron chi connectivity index (χ0n) is 8.23. The van der Waals surface area contributed by atoms with Gasteiger partial charge in [0.15, 0.2) is 0 Å². The summed E-state index contributed by atoms with van der Waals surface area (Å²) in [6.45, 7) is 0.812. The van der Waals surface area contributed by atoms with Gasteiger partial charge in [0.25, 0.3) is 0 Å². The molecule has 0 aliphatic carbocycles. The van der Waals surface area contributed by atoms with Crippen LogP contribution in [-0.2, 0) is 4.74 Å². The van der Waals surface area contributed by atoms with E-state index >= 15 is 0 Å². The van der Waals surface area contributed by atoms with E-state index in [0.717, 1.165) is 36.3 Å². The lowest BCUT2D eigenvalue weighted by Gasteiger charge is -2.03. The van der Waals surface area contributed by atoms with E-state index in [0.29, 0.717) is 0 Å². The highest BCUT2D eigenvalue weighted by Crippen LogP contribution is 2.28. The van der Waals surface area contributed by atoms with Gasteiger partial charge in [0.2, 0.25) is 0 Å². The van der Waals surface area contributed by atoms with Crippen LogP contribution >= 0.6 is 0 Å². The van der Waals surface area contributed by atoms with Gasteiger partial charge >= 0.3 is 0 Å². The second-order valence-corrected chi connectivity index (χ2v) is 3.83. The number of benzene rings is 1. The highest BCUT2D eigenvalue weighted by Gasteiger charge is 2.20. The first-order valence-electron chi connectivity index (χ1n) is 5.13. The lowest BCUT2D eigenvalue weighted by Crippen LogP contribution is -1.97. The minimum absolute atomic E-state index is 0.0968. The van der Waals surface area contributed by atoms with Gasteiger partial charge in [-0.1, -0.05) is 0 Å². The molecule has 1 fully saturated rings. The topological polar surface area (TPSA) is 58.1 Å². The maximum absolute atomic E-state index is 9.33. The smallest absolute Gasteiger partial charge is 0.136 e. The van der Waals surface area contributed by atoms with Gasteiger partial charge < -0.3 is 14.8 Å². The van der Waals surface area contributed by atoms with Crippen molar-refractivity contribution in [1.29, 1.82) is 0 Å². The Balaban J connectivity index is 2.05. The van der Waals surface area contributed by atoms with Crippen LogP contribution in [0.15, 0.2) is 18.2 Å². The Morgan fingerprint density at radius 1 is 1.47 bits per heavy atom. The first-order chi connectivity index (χ1) is 7.33. The molecule has 2 N–H and O–H groups in total.